The van der Waals surface area contributed by atoms with Gasteiger partial charge in [0.25, 0.3) is 0 Å². The number of carbonyl (C=O) groups excluding carboxylic acids is 1. The molecule has 0 aliphatic heterocycles. The second-order valence-electron chi connectivity index (χ2n) is 6.64. The number of allylic oxidation sites excluding steroid dienone is 3. The maximum Gasteiger partial charge on any atom is 0.125 e. The lowest BCUT2D eigenvalue weighted by atomic mass is 10.1. The van der Waals surface area contributed by atoms with Crippen LogP contribution in [0.1, 0.15) is 12.0 Å². The summed E-state index contributed by atoms with van der Waals surface area (Å²) in [5.41, 5.74) is 14.8. The molecule has 0 fully saturated rings. The summed E-state index contributed by atoms with van der Waals surface area (Å²) >= 11 is 5.89. The second kappa shape index (κ2) is 12.2. The van der Waals surface area contributed by atoms with E-state index >= 15 is 0 Å². The molecule has 6 nitrogen and oxygen atoms in total. The number of aldehydes is 1. The number of nitrogens with zero attached hydrogens (tertiary/aromatic N) is 2. The average molecular weight is 442 g/mol. The predicted molar refractivity (Wildman–Crippen MR) is 124 cm³/mol. The van der Waals surface area contributed by atoms with E-state index in [2.05, 4.69) is 9.97 Å². The molecule has 0 spiro atoms. The standard InChI is InChI=1S/C17H15ClFN3.C6H10N2O/c1-22(10-12-6-14(18)8-15(19)7-12)16-4-2-13(3-5-16)17-9-20-11-21-17;7-4-1-2-6(8)3-5-9/h2-9,11H,10H2,1H3,(H,20,21);1-2,4-5H,3,7-8H2/b;4-1-,6-2-. The van der Waals surface area contributed by atoms with Crippen LogP contribution in [-0.2, 0) is 11.3 Å². The Bertz CT molecular complexity index is 997. The molecule has 0 amide bonds. The molecule has 3 aromatic rings. The molecular formula is C23H25ClFN5O. The van der Waals surface area contributed by atoms with Crippen molar-refractivity contribution >= 4 is 23.6 Å². The minimum atomic E-state index is -0.314. The summed E-state index contributed by atoms with van der Waals surface area (Å²) < 4.78 is 13.4. The van der Waals surface area contributed by atoms with Crippen LogP contribution in [0.3, 0.4) is 0 Å². The first-order valence-electron chi connectivity index (χ1n) is 9.44. The molecule has 8 heteroatoms. The summed E-state index contributed by atoms with van der Waals surface area (Å²) in [5.74, 6) is -0.314. The van der Waals surface area contributed by atoms with Crippen molar-refractivity contribution in [3.8, 4) is 11.3 Å². The van der Waals surface area contributed by atoms with Crippen LogP contribution in [0.15, 0.2) is 79.0 Å². The predicted octanol–water partition coefficient (Wildman–Crippen LogP) is 4.40. The van der Waals surface area contributed by atoms with Gasteiger partial charge in [0.1, 0.15) is 12.1 Å². The summed E-state index contributed by atoms with van der Waals surface area (Å²) in [5, 5.41) is 0.415. The smallest absolute Gasteiger partial charge is 0.125 e. The number of halogens is 2. The molecule has 2 aromatic carbocycles. The highest BCUT2D eigenvalue weighted by atomic mass is 35.5. The SMILES string of the molecule is CN(Cc1cc(F)cc(Cl)c1)c1ccc(-c2cnc[nH]2)cc1.N/C=C\C=C(/N)CC=O. The van der Waals surface area contributed by atoms with Crippen LogP contribution in [0.5, 0.6) is 0 Å². The van der Waals surface area contributed by atoms with Crippen molar-refractivity contribution in [1.82, 2.24) is 9.97 Å². The Kier molecular flexibility index (Phi) is 9.32. The molecule has 0 aliphatic carbocycles. The normalized spacial score (nSPS) is 11.1. The summed E-state index contributed by atoms with van der Waals surface area (Å²) in [6.07, 6.45) is 8.99. The van der Waals surface area contributed by atoms with E-state index in [1.54, 1.807) is 30.7 Å². The molecule has 0 saturated heterocycles. The fourth-order valence-corrected chi connectivity index (χ4v) is 2.96. The van der Waals surface area contributed by atoms with Gasteiger partial charge in [-0.15, -0.1) is 0 Å². The Morgan fingerprint density at radius 2 is 2.00 bits per heavy atom. The van der Waals surface area contributed by atoms with E-state index in [4.69, 9.17) is 23.1 Å². The van der Waals surface area contributed by atoms with Gasteiger partial charge in [-0.3, -0.25) is 0 Å². The average Bonchev–Trinajstić information content (AvgIpc) is 3.27. The van der Waals surface area contributed by atoms with Crippen molar-refractivity contribution in [3.63, 3.8) is 0 Å². The molecule has 0 bridgehead atoms. The number of imidazole rings is 1. The van der Waals surface area contributed by atoms with E-state index in [-0.39, 0.29) is 12.2 Å². The van der Waals surface area contributed by atoms with E-state index in [1.807, 2.05) is 36.2 Å². The third kappa shape index (κ3) is 7.98. The Labute approximate surface area is 186 Å². The van der Waals surface area contributed by atoms with Crippen LogP contribution in [0, 0.1) is 5.82 Å². The highest BCUT2D eigenvalue weighted by Gasteiger charge is 2.06. The van der Waals surface area contributed by atoms with E-state index < -0.39 is 0 Å². The van der Waals surface area contributed by atoms with E-state index in [1.165, 1.54) is 18.3 Å². The Morgan fingerprint density at radius 1 is 1.26 bits per heavy atom. The molecule has 162 valence electrons. The molecular weight excluding hydrogens is 417 g/mol. The molecule has 0 atom stereocenters. The van der Waals surface area contributed by atoms with Gasteiger partial charge in [0.15, 0.2) is 0 Å². The number of carbonyl (C=O) groups is 1. The lowest BCUT2D eigenvalue weighted by Gasteiger charge is -2.20. The van der Waals surface area contributed by atoms with Crippen LogP contribution in [0.25, 0.3) is 11.3 Å². The number of benzene rings is 2. The highest BCUT2D eigenvalue weighted by molar-refractivity contribution is 6.30. The van der Waals surface area contributed by atoms with Gasteiger partial charge in [-0.05, 0) is 59.8 Å². The van der Waals surface area contributed by atoms with E-state index in [0.29, 0.717) is 17.3 Å². The zero-order valence-electron chi connectivity index (χ0n) is 17.1. The molecule has 0 radical (unpaired) electrons. The number of hydrogen-bond acceptors (Lipinski definition) is 5. The first kappa shape index (κ1) is 23.7. The maximum atomic E-state index is 13.4. The van der Waals surface area contributed by atoms with Crippen molar-refractivity contribution in [3.05, 3.63) is 95.4 Å². The highest BCUT2D eigenvalue weighted by Crippen LogP contribution is 2.23. The van der Waals surface area contributed by atoms with Crippen molar-refractivity contribution in [2.24, 2.45) is 11.5 Å². The molecule has 31 heavy (non-hydrogen) atoms. The van der Waals surface area contributed by atoms with Crippen LogP contribution in [0.2, 0.25) is 5.02 Å². The van der Waals surface area contributed by atoms with E-state index in [0.717, 1.165) is 28.8 Å². The van der Waals surface area contributed by atoms with Gasteiger partial charge in [-0.1, -0.05) is 23.7 Å². The Hall–Kier alpha value is -3.58. The minimum absolute atomic E-state index is 0.268. The maximum absolute atomic E-state index is 13.4. The van der Waals surface area contributed by atoms with Crippen LogP contribution < -0.4 is 16.4 Å². The molecule has 1 heterocycles. The Morgan fingerprint density at radius 3 is 2.58 bits per heavy atom. The number of aromatic nitrogens is 2. The molecule has 0 aliphatic rings. The fourth-order valence-electron chi connectivity index (χ4n) is 2.72. The molecule has 5 N–H and O–H groups in total. The number of rotatable bonds is 7. The van der Waals surface area contributed by atoms with Crippen molar-refractivity contribution in [2.45, 2.75) is 13.0 Å². The minimum Gasteiger partial charge on any atom is -0.405 e. The molecule has 0 unspecified atom stereocenters. The van der Waals surface area contributed by atoms with Gasteiger partial charge in [0.05, 0.1) is 18.2 Å². The van der Waals surface area contributed by atoms with Crippen molar-refractivity contribution in [1.29, 1.82) is 0 Å². The lowest BCUT2D eigenvalue weighted by Crippen LogP contribution is -2.16. The first-order valence-corrected chi connectivity index (χ1v) is 9.82. The van der Waals surface area contributed by atoms with Crippen molar-refractivity contribution < 1.29 is 9.18 Å². The van der Waals surface area contributed by atoms with Crippen LogP contribution in [0.4, 0.5) is 10.1 Å². The summed E-state index contributed by atoms with van der Waals surface area (Å²) in [4.78, 5) is 18.9. The van der Waals surface area contributed by atoms with Crippen LogP contribution >= 0.6 is 11.6 Å². The van der Waals surface area contributed by atoms with Gasteiger partial charge in [0, 0.05) is 36.4 Å². The fraction of sp³-hybridized carbons (Fsp3) is 0.130. The third-order valence-electron chi connectivity index (χ3n) is 4.20. The number of H-pyrrole nitrogens is 1. The second-order valence-corrected chi connectivity index (χ2v) is 7.08. The summed E-state index contributed by atoms with van der Waals surface area (Å²) in [6, 6.07) is 12.7. The van der Waals surface area contributed by atoms with Crippen LogP contribution in [-0.4, -0.2) is 23.3 Å². The van der Waals surface area contributed by atoms with Gasteiger partial charge in [0.2, 0.25) is 0 Å². The summed E-state index contributed by atoms with van der Waals surface area (Å²) in [7, 11) is 1.96. The molecule has 1 aromatic heterocycles. The Balaban J connectivity index is 0.000000323. The van der Waals surface area contributed by atoms with Gasteiger partial charge >= 0.3 is 0 Å². The topological polar surface area (TPSA) is 101 Å². The van der Waals surface area contributed by atoms with E-state index in [9.17, 15) is 9.18 Å². The number of nitrogens with one attached hydrogen (secondary N) is 1. The monoisotopic (exact) mass is 441 g/mol. The summed E-state index contributed by atoms with van der Waals surface area (Å²) in [6.45, 7) is 0.584. The first-order chi connectivity index (χ1) is 14.9. The molecule has 3 rings (SSSR count). The number of hydrogen-bond donors (Lipinski definition) is 3. The number of aromatic amines is 1. The number of anilines is 1. The number of nitrogens with two attached hydrogens (primary N) is 2. The van der Waals surface area contributed by atoms with Gasteiger partial charge < -0.3 is 26.1 Å². The van der Waals surface area contributed by atoms with Gasteiger partial charge in [-0.25, -0.2) is 9.37 Å². The largest absolute Gasteiger partial charge is 0.405 e. The molecule has 0 saturated carbocycles. The third-order valence-corrected chi connectivity index (χ3v) is 4.42. The quantitative estimate of drug-likeness (QED) is 0.372. The van der Waals surface area contributed by atoms with Crippen molar-refractivity contribution in [2.75, 3.05) is 11.9 Å². The van der Waals surface area contributed by atoms with Gasteiger partial charge in [-0.2, -0.15) is 0 Å². The zero-order chi connectivity index (χ0) is 22.6. The zero-order valence-corrected chi connectivity index (χ0v) is 17.9. The lowest BCUT2D eigenvalue weighted by molar-refractivity contribution is -0.107.